The molecule has 94 valence electrons. The number of thiocarbonyl (C=S) groups is 1. The first kappa shape index (κ1) is 13.0. The van der Waals surface area contributed by atoms with E-state index in [2.05, 4.69) is 16.4 Å². The summed E-state index contributed by atoms with van der Waals surface area (Å²) in [6.45, 7) is 4.79. The van der Waals surface area contributed by atoms with Crippen molar-refractivity contribution in [1.29, 1.82) is 0 Å². The van der Waals surface area contributed by atoms with Crippen LogP contribution in [0.4, 0.5) is 5.69 Å². The van der Waals surface area contributed by atoms with E-state index in [0.717, 1.165) is 16.3 Å². The van der Waals surface area contributed by atoms with Crippen LogP contribution in [0.1, 0.15) is 21.0 Å². The maximum atomic E-state index is 5.72. The van der Waals surface area contributed by atoms with Gasteiger partial charge in [0.25, 0.3) is 0 Å². The molecule has 0 aliphatic rings. The van der Waals surface area contributed by atoms with Crippen LogP contribution < -0.4 is 11.1 Å². The number of nitrogens with one attached hydrogen (secondary N) is 1. The van der Waals surface area contributed by atoms with E-state index in [0.29, 0.717) is 11.5 Å². The van der Waals surface area contributed by atoms with Crippen LogP contribution in [0.3, 0.4) is 0 Å². The van der Waals surface area contributed by atoms with Crippen LogP contribution in [0.25, 0.3) is 0 Å². The molecule has 0 saturated heterocycles. The number of hydrogen-bond donors (Lipinski definition) is 2. The first-order valence-electron chi connectivity index (χ1n) is 5.62. The number of hydrogen-bond acceptors (Lipinski definition) is 4. The van der Waals surface area contributed by atoms with Gasteiger partial charge in [-0.3, -0.25) is 0 Å². The summed E-state index contributed by atoms with van der Waals surface area (Å²) in [7, 11) is 0. The Bertz CT molecular complexity index is 575. The zero-order valence-electron chi connectivity index (χ0n) is 10.4. The Hall–Kier alpha value is -1.46. The van der Waals surface area contributed by atoms with Crippen molar-refractivity contribution in [2.75, 3.05) is 5.32 Å². The van der Waals surface area contributed by atoms with Gasteiger partial charge in [-0.05, 0) is 31.5 Å². The molecule has 0 aliphatic heterocycles. The van der Waals surface area contributed by atoms with Gasteiger partial charge in [0.1, 0.15) is 10.00 Å². The van der Waals surface area contributed by atoms with E-state index in [4.69, 9.17) is 18.0 Å². The largest absolute Gasteiger partial charge is 0.389 e. The van der Waals surface area contributed by atoms with Crippen molar-refractivity contribution in [1.82, 2.24) is 4.98 Å². The van der Waals surface area contributed by atoms with Gasteiger partial charge in [0, 0.05) is 22.3 Å². The monoisotopic (exact) mass is 277 g/mol. The molecule has 0 bridgehead atoms. The average molecular weight is 277 g/mol. The number of aryl methyl sites for hydroxylation is 2. The fourth-order valence-corrected chi connectivity index (χ4v) is 2.58. The molecular formula is C13H15N3S2. The highest BCUT2D eigenvalue weighted by molar-refractivity contribution is 7.80. The molecule has 0 amide bonds. The van der Waals surface area contributed by atoms with Gasteiger partial charge in [0.05, 0.1) is 6.54 Å². The minimum atomic E-state index is 0.410. The van der Waals surface area contributed by atoms with Gasteiger partial charge < -0.3 is 11.1 Å². The molecular weight excluding hydrogens is 262 g/mol. The Morgan fingerprint density at radius 3 is 2.83 bits per heavy atom. The molecule has 1 heterocycles. The van der Waals surface area contributed by atoms with Gasteiger partial charge in [-0.1, -0.05) is 18.3 Å². The Balaban J connectivity index is 2.17. The Labute approximate surface area is 116 Å². The van der Waals surface area contributed by atoms with E-state index >= 15 is 0 Å². The number of anilines is 1. The maximum Gasteiger partial charge on any atom is 0.112 e. The third-order valence-corrected chi connectivity index (χ3v) is 3.67. The van der Waals surface area contributed by atoms with Crippen molar-refractivity contribution < 1.29 is 0 Å². The first-order valence-corrected chi connectivity index (χ1v) is 6.84. The van der Waals surface area contributed by atoms with Gasteiger partial charge in [0.15, 0.2) is 0 Å². The summed E-state index contributed by atoms with van der Waals surface area (Å²) in [6.07, 6.45) is 1.88. The lowest BCUT2D eigenvalue weighted by Gasteiger charge is -2.11. The lowest BCUT2D eigenvalue weighted by atomic mass is 10.1. The van der Waals surface area contributed by atoms with Gasteiger partial charge in [0.2, 0.25) is 0 Å². The molecule has 5 heteroatoms. The number of aromatic nitrogens is 1. The fourth-order valence-electron chi connectivity index (χ4n) is 1.67. The molecule has 0 unspecified atom stereocenters. The van der Waals surface area contributed by atoms with Gasteiger partial charge in [-0.25, -0.2) is 4.98 Å². The van der Waals surface area contributed by atoms with E-state index in [-0.39, 0.29) is 0 Å². The van der Waals surface area contributed by atoms with Crippen LogP contribution in [-0.4, -0.2) is 9.97 Å². The number of benzene rings is 1. The molecule has 1 aromatic carbocycles. The van der Waals surface area contributed by atoms with Crippen LogP contribution in [0.5, 0.6) is 0 Å². The molecule has 2 aromatic rings. The van der Waals surface area contributed by atoms with Gasteiger partial charge in [-0.2, -0.15) is 0 Å². The van der Waals surface area contributed by atoms with Crippen LogP contribution >= 0.6 is 23.6 Å². The summed E-state index contributed by atoms with van der Waals surface area (Å²) in [4.78, 5) is 5.94. The van der Waals surface area contributed by atoms with E-state index in [1.54, 1.807) is 11.3 Å². The predicted octanol–water partition coefficient (Wildman–Crippen LogP) is 3.01. The highest BCUT2D eigenvalue weighted by Crippen LogP contribution is 2.19. The minimum absolute atomic E-state index is 0.410. The summed E-state index contributed by atoms with van der Waals surface area (Å²) in [5.41, 5.74) is 8.74. The first-order chi connectivity index (χ1) is 8.56. The second-order valence-electron chi connectivity index (χ2n) is 4.13. The van der Waals surface area contributed by atoms with Gasteiger partial charge >= 0.3 is 0 Å². The molecule has 0 fully saturated rings. The smallest absolute Gasteiger partial charge is 0.112 e. The lowest BCUT2D eigenvalue weighted by molar-refractivity contribution is 1.10. The molecule has 0 saturated carbocycles. The number of nitrogens with two attached hydrogens (primary N) is 1. The van der Waals surface area contributed by atoms with Crippen LogP contribution in [-0.2, 0) is 6.54 Å². The average Bonchev–Trinajstić information content (AvgIpc) is 2.72. The lowest BCUT2D eigenvalue weighted by Crippen LogP contribution is -2.13. The quantitative estimate of drug-likeness (QED) is 0.844. The van der Waals surface area contributed by atoms with Crippen molar-refractivity contribution in [3.63, 3.8) is 0 Å². The Morgan fingerprint density at radius 1 is 1.44 bits per heavy atom. The second-order valence-corrected chi connectivity index (χ2v) is 5.89. The summed E-state index contributed by atoms with van der Waals surface area (Å²) in [5, 5.41) is 4.40. The third-order valence-electron chi connectivity index (χ3n) is 2.54. The zero-order chi connectivity index (χ0) is 13.1. The molecule has 0 atom stereocenters. The highest BCUT2D eigenvalue weighted by Gasteiger charge is 2.06. The molecule has 3 nitrogen and oxygen atoms in total. The van der Waals surface area contributed by atoms with E-state index < -0.39 is 0 Å². The Morgan fingerprint density at radius 2 is 2.22 bits per heavy atom. The van der Waals surface area contributed by atoms with Crippen molar-refractivity contribution >= 4 is 34.2 Å². The number of thiazole rings is 1. The Kier molecular flexibility index (Phi) is 3.93. The highest BCUT2D eigenvalue weighted by atomic mass is 32.1. The molecule has 0 radical (unpaired) electrons. The van der Waals surface area contributed by atoms with Crippen molar-refractivity contribution in [3.8, 4) is 0 Å². The third kappa shape index (κ3) is 3.05. The molecule has 1 aromatic heterocycles. The molecule has 0 spiro atoms. The second kappa shape index (κ2) is 5.46. The summed E-state index contributed by atoms with van der Waals surface area (Å²) < 4.78 is 0. The summed E-state index contributed by atoms with van der Waals surface area (Å²) in [6, 6.07) is 6.01. The normalized spacial score (nSPS) is 10.3. The van der Waals surface area contributed by atoms with E-state index in [1.165, 1.54) is 10.4 Å². The van der Waals surface area contributed by atoms with Gasteiger partial charge in [-0.15, -0.1) is 11.3 Å². The van der Waals surface area contributed by atoms with E-state index in [1.807, 2.05) is 32.2 Å². The predicted molar refractivity (Wildman–Crippen MR) is 81.2 cm³/mol. The van der Waals surface area contributed by atoms with E-state index in [9.17, 15) is 0 Å². The standard InChI is InChI=1S/C13H15N3S2/c1-8-3-4-10(13(14)17)11(5-8)15-7-12-16-6-9(2)18-12/h3-6,15H,7H2,1-2H3,(H2,14,17). The number of rotatable bonds is 4. The molecule has 2 rings (SSSR count). The van der Waals surface area contributed by atoms with Crippen molar-refractivity contribution in [2.45, 2.75) is 20.4 Å². The van der Waals surface area contributed by atoms with Crippen molar-refractivity contribution in [2.24, 2.45) is 5.73 Å². The minimum Gasteiger partial charge on any atom is -0.389 e. The van der Waals surface area contributed by atoms with Crippen molar-refractivity contribution in [3.05, 3.63) is 45.4 Å². The molecule has 18 heavy (non-hydrogen) atoms. The van der Waals surface area contributed by atoms with Crippen LogP contribution in [0, 0.1) is 13.8 Å². The maximum absolute atomic E-state index is 5.72. The summed E-state index contributed by atoms with van der Waals surface area (Å²) in [5.74, 6) is 0. The molecule has 3 N–H and O–H groups in total. The van der Waals surface area contributed by atoms with Crippen LogP contribution in [0.2, 0.25) is 0 Å². The van der Waals surface area contributed by atoms with Crippen LogP contribution in [0.15, 0.2) is 24.4 Å². The SMILES string of the molecule is Cc1ccc(C(N)=S)c(NCc2ncc(C)s2)c1. The summed E-state index contributed by atoms with van der Waals surface area (Å²) >= 11 is 6.74. The number of nitrogens with zero attached hydrogens (tertiary/aromatic N) is 1. The molecule has 0 aliphatic carbocycles. The topological polar surface area (TPSA) is 50.9 Å². The fraction of sp³-hybridized carbons (Fsp3) is 0.231. The zero-order valence-corrected chi connectivity index (χ0v) is 12.0.